The lowest BCUT2D eigenvalue weighted by Gasteiger charge is -2.04. The van der Waals surface area contributed by atoms with Crippen LogP contribution in [0, 0.1) is 0 Å². The second kappa shape index (κ2) is 14.6. The molecular weight excluding hydrogens is 358 g/mol. The molecule has 1 aromatic rings. The van der Waals surface area contributed by atoms with E-state index in [1.54, 1.807) is 12.5 Å². The first-order valence-electron chi connectivity index (χ1n) is 10.7. The summed E-state index contributed by atoms with van der Waals surface area (Å²) < 4.78 is 0. The van der Waals surface area contributed by atoms with Gasteiger partial charge in [-0.1, -0.05) is 46.6 Å². The summed E-state index contributed by atoms with van der Waals surface area (Å²) in [4.78, 5) is 18.7. The van der Waals surface area contributed by atoms with Gasteiger partial charge in [0, 0.05) is 18.4 Å². The molecule has 1 amide bonds. The van der Waals surface area contributed by atoms with E-state index < -0.39 is 0 Å². The van der Waals surface area contributed by atoms with Crippen molar-refractivity contribution in [3.8, 4) is 0 Å². The third-order valence-corrected chi connectivity index (χ3v) is 4.81. The number of carbonyl (C=O) groups is 1. The standard InChI is InChI=1S/C25H39N3O/c1-20(2)9-6-10-21(3)11-7-12-22(4)13-8-14-23(5)15-16-27-25(29)17-24-18-26-19-28-24/h9,11,13,15,18-19H,6-8,10,12,14,16-17H2,1-5H3,(H,26,28)(H,27,29)/b21-11+,22-13+,23-15+. The molecule has 0 aromatic carbocycles. The Morgan fingerprint density at radius 2 is 1.45 bits per heavy atom. The van der Waals surface area contributed by atoms with Crippen molar-refractivity contribution in [2.75, 3.05) is 6.54 Å². The van der Waals surface area contributed by atoms with Crippen LogP contribution in [0.15, 0.2) is 59.1 Å². The molecule has 0 aliphatic heterocycles. The van der Waals surface area contributed by atoms with Gasteiger partial charge < -0.3 is 10.3 Å². The van der Waals surface area contributed by atoms with Gasteiger partial charge in [0.2, 0.25) is 5.91 Å². The van der Waals surface area contributed by atoms with Crippen LogP contribution in [0.3, 0.4) is 0 Å². The highest BCUT2D eigenvalue weighted by Crippen LogP contribution is 2.13. The Hall–Kier alpha value is -2.36. The van der Waals surface area contributed by atoms with Crippen LogP contribution in [0.5, 0.6) is 0 Å². The molecule has 160 valence electrons. The third kappa shape index (κ3) is 13.4. The minimum Gasteiger partial charge on any atom is -0.352 e. The van der Waals surface area contributed by atoms with Gasteiger partial charge in [0.1, 0.15) is 0 Å². The lowest BCUT2D eigenvalue weighted by Crippen LogP contribution is -2.25. The third-order valence-electron chi connectivity index (χ3n) is 4.81. The quantitative estimate of drug-likeness (QED) is 0.389. The summed E-state index contributed by atoms with van der Waals surface area (Å²) in [5.74, 6) is 0.0123. The second-order valence-electron chi connectivity index (χ2n) is 8.11. The number of carbonyl (C=O) groups excluding carboxylic acids is 1. The van der Waals surface area contributed by atoms with E-state index in [2.05, 4.69) is 74.2 Å². The number of H-pyrrole nitrogens is 1. The Bertz CT molecular complexity index is 717. The van der Waals surface area contributed by atoms with E-state index in [0.29, 0.717) is 13.0 Å². The summed E-state index contributed by atoms with van der Waals surface area (Å²) in [6.07, 6.45) is 19.4. The number of hydrogen-bond acceptors (Lipinski definition) is 2. The summed E-state index contributed by atoms with van der Waals surface area (Å²) in [5, 5.41) is 2.92. The van der Waals surface area contributed by atoms with Crippen LogP contribution >= 0.6 is 0 Å². The maximum atomic E-state index is 11.8. The van der Waals surface area contributed by atoms with Gasteiger partial charge in [-0.15, -0.1) is 0 Å². The summed E-state index contributed by atoms with van der Waals surface area (Å²) in [6.45, 7) is 11.5. The number of aromatic nitrogens is 2. The molecule has 0 spiro atoms. The van der Waals surface area contributed by atoms with Gasteiger partial charge in [0.05, 0.1) is 12.7 Å². The maximum Gasteiger partial charge on any atom is 0.226 e. The van der Waals surface area contributed by atoms with E-state index in [1.807, 2.05) is 0 Å². The molecule has 4 heteroatoms. The zero-order valence-corrected chi connectivity index (χ0v) is 19.0. The molecule has 0 unspecified atom stereocenters. The molecular formula is C25H39N3O. The van der Waals surface area contributed by atoms with Gasteiger partial charge in [-0.05, 0) is 73.1 Å². The molecule has 0 atom stereocenters. The number of aromatic amines is 1. The maximum absolute atomic E-state index is 11.8. The number of rotatable bonds is 13. The monoisotopic (exact) mass is 397 g/mol. The van der Waals surface area contributed by atoms with Crippen molar-refractivity contribution in [1.29, 1.82) is 0 Å². The first-order valence-corrected chi connectivity index (χ1v) is 10.7. The summed E-state index contributed by atoms with van der Waals surface area (Å²) in [7, 11) is 0. The van der Waals surface area contributed by atoms with Gasteiger partial charge in [-0.3, -0.25) is 4.79 Å². The lowest BCUT2D eigenvalue weighted by atomic mass is 10.0. The summed E-state index contributed by atoms with van der Waals surface area (Å²) in [5.41, 5.74) is 6.49. The largest absolute Gasteiger partial charge is 0.352 e. The van der Waals surface area contributed by atoms with Crippen LogP contribution in [0.2, 0.25) is 0 Å². The van der Waals surface area contributed by atoms with Crippen molar-refractivity contribution < 1.29 is 4.79 Å². The van der Waals surface area contributed by atoms with E-state index in [1.165, 1.54) is 22.3 Å². The minimum absolute atomic E-state index is 0.0123. The van der Waals surface area contributed by atoms with E-state index in [4.69, 9.17) is 0 Å². The molecule has 1 heterocycles. The molecule has 0 aliphatic carbocycles. The van der Waals surface area contributed by atoms with Gasteiger partial charge in [0.25, 0.3) is 0 Å². The van der Waals surface area contributed by atoms with Crippen LogP contribution < -0.4 is 5.32 Å². The van der Waals surface area contributed by atoms with Crippen molar-refractivity contribution in [3.05, 3.63) is 64.8 Å². The topological polar surface area (TPSA) is 57.8 Å². The highest BCUT2D eigenvalue weighted by Gasteiger charge is 2.02. The van der Waals surface area contributed by atoms with Crippen LogP contribution in [-0.2, 0) is 11.2 Å². The van der Waals surface area contributed by atoms with Crippen LogP contribution in [0.25, 0.3) is 0 Å². The average molecular weight is 398 g/mol. The van der Waals surface area contributed by atoms with E-state index in [0.717, 1.165) is 44.2 Å². The highest BCUT2D eigenvalue weighted by atomic mass is 16.1. The van der Waals surface area contributed by atoms with Crippen molar-refractivity contribution in [1.82, 2.24) is 15.3 Å². The van der Waals surface area contributed by atoms with Gasteiger partial charge in [-0.25, -0.2) is 4.98 Å². The van der Waals surface area contributed by atoms with Crippen molar-refractivity contribution in [3.63, 3.8) is 0 Å². The molecule has 0 radical (unpaired) electrons. The molecule has 2 N–H and O–H groups in total. The molecule has 0 aliphatic rings. The Kier molecular flexibility index (Phi) is 12.4. The number of imidazole rings is 1. The molecule has 29 heavy (non-hydrogen) atoms. The second-order valence-corrected chi connectivity index (χ2v) is 8.11. The zero-order valence-electron chi connectivity index (χ0n) is 19.0. The van der Waals surface area contributed by atoms with Crippen LogP contribution in [-0.4, -0.2) is 22.4 Å². The van der Waals surface area contributed by atoms with Crippen LogP contribution in [0.1, 0.15) is 78.8 Å². The number of nitrogens with one attached hydrogen (secondary N) is 2. The van der Waals surface area contributed by atoms with E-state index in [9.17, 15) is 4.79 Å². The Morgan fingerprint density at radius 3 is 1.97 bits per heavy atom. The van der Waals surface area contributed by atoms with E-state index in [-0.39, 0.29) is 5.91 Å². The van der Waals surface area contributed by atoms with Crippen molar-refractivity contribution >= 4 is 5.91 Å². The lowest BCUT2D eigenvalue weighted by molar-refractivity contribution is -0.120. The van der Waals surface area contributed by atoms with Gasteiger partial charge in [0.15, 0.2) is 0 Å². The fourth-order valence-corrected chi connectivity index (χ4v) is 2.94. The van der Waals surface area contributed by atoms with Crippen molar-refractivity contribution in [2.45, 2.75) is 79.6 Å². The molecule has 0 fully saturated rings. The normalized spacial score (nSPS) is 12.8. The first kappa shape index (κ1) is 24.7. The number of hydrogen-bond donors (Lipinski definition) is 2. The minimum atomic E-state index is 0.0123. The number of amides is 1. The van der Waals surface area contributed by atoms with Gasteiger partial charge >= 0.3 is 0 Å². The predicted octanol–water partition coefficient (Wildman–Crippen LogP) is 6.21. The van der Waals surface area contributed by atoms with Crippen LogP contribution in [0.4, 0.5) is 0 Å². The van der Waals surface area contributed by atoms with Crippen molar-refractivity contribution in [2.24, 2.45) is 0 Å². The smallest absolute Gasteiger partial charge is 0.226 e. The molecule has 0 bridgehead atoms. The Morgan fingerprint density at radius 1 is 0.897 bits per heavy atom. The summed E-state index contributed by atoms with van der Waals surface area (Å²) >= 11 is 0. The Labute approximate surface area is 177 Å². The molecule has 1 aromatic heterocycles. The molecule has 1 rings (SSSR count). The molecule has 0 saturated heterocycles. The fourth-order valence-electron chi connectivity index (χ4n) is 2.94. The number of nitrogens with zero attached hydrogens (tertiary/aromatic N) is 1. The molecule has 0 saturated carbocycles. The fraction of sp³-hybridized carbons (Fsp3) is 0.520. The molecule has 4 nitrogen and oxygen atoms in total. The Balaban J connectivity index is 2.19. The average Bonchev–Trinajstić information content (AvgIpc) is 3.14. The first-order chi connectivity index (χ1) is 13.9. The number of allylic oxidation sites excluding steroid dienone is 7. The van der Waals surface area contributed by atoms with Gasteiger partial charge in [-0.2, -0.15) is 0 Å². The predicted molar refractivity (Wildman–Crippen MR) is 124 cm³/mol. The zero-order chi connectivity index (χ0) is 21.5. The highest BCUT2D eigenvalue weighted by molar-refractivity contribution is 5.78. The summed E-state index contributed by atoms with van der Waals surface area (Å²) in [6, 6.07) is 0. The van der Waals surface area contributed by atoms with E-state index >= 15 is 0 Å². The SMILES string of the molecule is CC(C)=CCC/C(C)=C/CC/C(C)=C/CC/C(C)=C/CNC(=O)Cc1cnc[nH]1.